The van der Waals surface area contributed by atoms with Gasteiger partial charge in [-0.3, -0.25) is 9.59 Å². The van der Waals surface area contributed by atoms with Crippen molar-refractivity contribution in [1.82, 2.24) is 10.6 Å². The SMILES string of the molecule is O=C(NCCc1ccccc1)[C@@H]1CS[C@H](Cc2ccccc2F)C(=O)N1. The maximum absolute atomic E-state index is 13.8. The third kappa shape index (κ3) is 4.85. The Morgan fingerprint density at radius 2 is 1.88 bits per heavy atom. The van der Waals surface area contributed by atoms with Crippen molar-refractivity contribution in [3.63, 3.8) is 0 Å². The molecule has 26 heavy (non-hydrogen) atoms. The molecule has 1 heterocycles. The smallest absolute Gasteiger partial charge is 0.243 e. The van der Waals surface area contributed by atoms with E-state index in [9.17, 15) is 14.0 Å². The summed E-state index contributed by atoms with van der Waals surface area (Å²) in [6.07, 6.45) is 1.07. The van der Waals surface area contributed by atoms with Crippen LogP contribution < -0.4 is 10.6 Å². The summed E-state index contributed by atoms with van der Waals surface area (Å²) in [5, 5.41) is 5.25. The molecule has 0 aliphatic carbocycles. The molecule has 1 aliphatic heterocycles. The number of carbonyl (C=O) groups is 2. The number of thioether (sulfide) groups is 1. The van der Waals surface area contributed by atoms with E-state index in [0.717, 1.165) is 12.0 Å². The van der Waals surface area contributed by atoms with Gasteiger partial charge in [0.15, 0.2) is 0 Å². The maximum Gasteiger partial charge on any atom is 0.243 e. The maximum atomic E-state index is 13.8. The summed E-state index contributed by atoms with van der Waals surface area (Å²) in [4.78, 5) is 24.5. The van der Waals surface area contributed by atoms with Crippen molar-refractivity contribution in [2.75, 3.05) is 12.3 Å². The van der Waals surface area contributed by atoms with Crippen LogP contribution in [0.3, 0.4) is 0 Å². The summed E-state index contributed by atoms with van der Waals surface area (Å²) in [6.45, 7) is 0.526. The highest BCUT2D eigenvalue weighted by molar-refractivity contribution is 8.00. The molecule has 3 rings (SSSR count). The molecule has 2 atom stereocenters. The van der Waals surface area contributed by atoms with Crippen LogP contribution in [-0.2, 0) is 22.4 Å². The van der Waals surface area contributed by atoms with Crippen LogP contribution in [0.5, 0.6) is 0 Å². The molecule has 1 saturated heterocycles. The van der Waals surface area contributed by atoms with Gasteiger partial charge in [0.1, 0.15) is 11.9 Å². The number of rotatable bonds is 6. The summed E-state index contributed by atoms with van der Waals surface area (Å²) in [5.74, 6) is -0.206. The molecule has 136 valence electrons. The third-order valence-corrected chi connectivity index (χ3v) is 5.62. The number of amides is 2. The summed E-state index contributed by atoms with van der Waals surface area (Å²) < 4.78 is 13.8. The van der Waals surface area contributed by atoms with E-state index in [1.54, 1.807) is 18.2 Å². The second-order valence-corrected chi connectivity index (χ2v) is 7.44. The molecule has 2 aromatic rings. The lowest BCUT2D eigenvalue weighted by atomic mass is 10.1. The van der Waals surface area contributed by atoms with E-state index in [2.05, 4.69) is 10.6 Å². The Balaban J connectivity index is 1.46. The number of benzene rings is 2. The Bertz CT molecular complexity index is 769. The molecule has 6 heteroatoms. The molecule has 0 spiro atoms. The van der Waals surface area contributed by atoms with Gasteiger partial charge in [-0.1, -0.05) is 48.5 Å². The lowest BCUT2D eigenvalue weighted by Gasteiger charge is -2.28. The van der Waals surface area contributed by atoms with Gasteiger partial charge in [0.2, 0.25) is 11.8 Å². The zero-order chi connectivity index (χ0) is 18.4. The van der Waals surface area contributed by atoms with Crippen molar-refractivity contribution in [3.05, 3.63) is 71.5 Å². The van der Waals surface area contributed by atoms with Gasteiger partial charge in [-0.15, -0.1) is 11.8 Å². The van der Waals surface area contributed by atoms with E-state index < -0.39 is 6.04 Å². The predicted octanol–water partition coefficient (Wildman–Crippen LogP) is 2.33. The molecule has 0 aromatic heterocycles. The van der Waals surface area contributed by atoms with Gasteiger partial charge < -0.3 is 10.6 Å². The van der Waals surface area contributed by atoms with E-state index in [1.807, 2.05) is 30.3 Å². The van der Waals surface area contributed by atoms with Gasteiger partial charge >= 0.3 is 0 Å². The molecule has 4 nitrogen and oxygen atoms in total. The van der Waals surface area contributed by atoms with E-state index in [4.69, 9.17) is 0 Å². The first-order valence-corrected chi connectivity index (χ1v) is 9.65. The quantitative estimate of drug-likeness (QED) is 0.818. The minimum atomic E-state index is -0.542. The first-order chi connectivity index (χ1) is 12.6. The topological polar surface area (TPSA) is 58.2 Å². The van der Waals surface area contributed by atoms with Gasteiger partial charge in [0.25, 0.3) is 0 Å². The highest BCUT2D eigenvalue weighted by Gasteiger charge is 2.32. The van der Waals surface area contributed by atoms with Crippen molar-refractivity contribution in [2.45, 2.75) is 24.1 Å². The van der Waals surface area contributed by atoms with Crippen LogP contribution in [0.1, 0.15) is 11.1 Å². The zero-order valence-corrected chi connectivity index (χ0v) is 15.1. The second-order valence-electron chi connectivity index (χ2n) is 6.21. The number of halogens is 1. The normalized spacial score (nSPS) is 19.7. The first-order valence-electron chi connectivity index (χ1n) is 8.60. The molecule has 0 saturated carbocycles. The summed E-state index contributed by atoms with van der Waals surface area (Å²) in [7, 11) is 0. The molecular formula is C20H21FN2O2S. The molecule has 2 N–H and O–H groups in total. The molecule has 0 bridgehead atoms. The first kappa shape index (κ1) is 18.5. The fourth-order valence-electron chi connectivity index (χ4n) is 2.85. The molecular weight excluding hydrogens is 351 g/mol. The highest BCUT2D eigenvalue weighted by Crippen LogP contribution is 2.23. The third-order valence-electron chi connectivity index (χ3n) is 4.31. The Hall–Kier alpha value is -2.34. The van der Waals surface area contributed by atoms with Crippen molar-refractivity contribution < 1.29 is 14.0 Å². The zero-order valence-electron chi connectivity index (χ0n) is 14.3. The van der Waals surface area contributed by atoms with Gasteiger partial charge in [-0.05, 0) is 30.0 Å². The van der Waals surface area contributed by atoms with Crippen LogP contribution in [0.2, 0.25) is 0 Å². The predicted molar refractivity (Wildman–Crippen MR) is 101 cm³/mol. The second kappa shape index (κ2) is 8.85. The largest absolute Gasteiger partial charge is 0.354 e. The highest BCUT2D eigenvalue weighted by atomic mass is 32.2. The lowest BCUT2D eigenvalue weighted by Crippen LogP contribution is -2.54. The Morgan fingerprint density at radius 1 is 1.15 bits per heavy atom. The fourth-order valence-corrected chi connectivity index (χ4v) is 4.03. The standard InChI is InChI=1S/C20H21FN2O2S/c21-16-9-5-4-8-15(16)12-18-20(25)23-17(13-26-18)19(24)22-11-10-14-6-2-1-3-7-14/h1-9,17-18H,10-13H2,(H,22,24)(H,23,25)/t17-,18+/m0/s1. The fraction of sp³-hybridized carbons (Fsp3) is 0.300. The molecule has 2 amide bonds. The van der Waals surface area contributed by atoms with Crippen molar-refractivity contribution in [1.29, 1.82) is 0 Å². The lowest BCUT2D eigenvalue weighted by molar-refractivity contribution is -0.128. The average molecular weight is 372 g/mol. The Labute approximate surface area is 156 Å². The Kier molecular flexibility index (Phi) is 6.28. The van der Waals surface area contributed by atoms with E-state index in [-0.39, 0.29) is 22.9 Å². The molecule has 0 radical (unpaired) electrons. The van der Waals surface area contributed by atoms with Crippen LogP contribution in [0.4, 0.5) is 4.39 Å². The number of carbonyl (C=O) groups excluding carboxylic acids is 2. The average Bonchev–Trinajstić information content (AvgIpc) is 2.66. The number of nitrogens with one attached hydrogen (secondary N) is 2. The van der Waals surface area contributed by atoms with E-state index >= 15 is 0 Å². The Morgan fingerprint density at radius 3 is 2.62 bits per heavy atom. The van der Waals surface area contributed by atoms with Gasteiger partial charge in [0, 0.05) is 12.3 Å². The van der Waals surface area contributed by atoms with Crippen molar-refractivity contribution in [3.8, 4) is 0 Å². The van der Waals surface area contributed by atoms with Gasteiger partial charge in [0.05, 0.1) is 5.25 Å². The number of hydrogen-bond donors (Lipinski definition) is 2. The number of hydrogen-bond acceptors (Lipinski definition) is 3. The van der Waals surface area contributed by atoms with Gasteiger partial charge in [-0.2, -0.15) is 0 Å². The molecule has 1 fully saturated rings. The molecule has 0 unspecified atom stereocenters. The molecule has 1 aliphatic rings. The summed E-state index contributed by atoms with van der Waals surface area (Å²) in [5.41, 5.74) is 1.67. The monoisotopic (exact) mass is 372 g/mol. The molecule has 2 aromatic carbocycles. The van der Waals surface area contributed by atoms with Crippen molar-refractivity contribution >= 4 is 23.6 Å². The van der Waals surface area contributed by atoms with Crippen LogP contribution in [0, 0.1) is 5.82 Å². The van der Waals surface area contributed by atoms with Crippen LogP contribution >= 0.6 is 11.8 Å². The summed E-state index contributed by atoms with van der Waals surface area (Å²) in [6, 6.07) is 15.8. The minimum absolute atomic E-state index is 0.175. The summed E-state index contributed by atoms with van der Waals surface area (Å²) >= 11 is 1.40. The van der Waals surface area contributed by atoms with E-state index in [0.29, 0.717) is 24.3 Å². The van der Waals surface area contributed by atoms with Crippen LogP contribution in [-0.4, -0.2) is 35.4 Å². The minimum Gasteiger partial charge on any atom is -0.354 e. The van der Waals surface area contributed by atoms with Crippen LogP contribution in [0.25, 0.3) is 0 Å². The van der Waals surface area contributed by atoms with E-state index in [1.165, 1.54) is 17.8 Å². The van der Waals surface area contributed by atoms with Crippen molar-refractivity contribution in [2.24, 2.45) is 0 Å². The van der Waals surface area contributed by atoms with Crippen LogP contribution in [0.15, 0.2) is 54.6 Å². The van der Waals surface area contributed by atoms with Gasteiger partial charge in [-0.25, -0.2) is 4.39 Å².